The van der Waals surface area contributed by atoms with E-state index >= 15 is 0 Å². The number of hydrogen-bond donors (Lipinski definition) is 1. The van der Waals surface area contributed by atoms with Gasteiger partial charge >= 0.3 is 0 Å². The Morgan fingerprint density at radius 2 is 2.57 bits per heavy atom. The summed E-state index contributed by atoms with van der Waals surface area (Å²) in [4.78, 5) is 0. The summed E-state index contributed by atoms with van der Waals surface area (Å²) in [5.74, 6) is -0.127. The van der Waals surface area contributed by atoms with E-state index in [-0.39, 0.29) is 5.88 Å². The van der Waals surface area contributed by atoms with Crippen LogP contribution in [0.25, 0.3) is 0 Å². The Morgan fingerprint density at radius 1 is 1.86 bits per heavy atom. The molecule has 1 aromatic heterocycles. The Bertz CT molecular complexity index is 142. The van der Waals surface area contributed by atoms with Crippen LogP contribution in [-0.4, -0.2) is 10.2 Å². The second kappa shape index (κ2) is 1.26. The minimum absolute atomic E-state index is 0.127. The van der Waals surface area contributed by atoms with Gasteiger partial charge in [0.2, 0.25) is 0 Å². The van der Waals surface area contributed by atoms with Crippen LogP contribution in [0, 0.1) is 6.92 Å². The molecule has 1 rings (SSSR count). The van der Waals surface area contributed by atoms with Crippen molar-refractivity contribution < 1.29 is 5.11 Å². The number of aryl methyl sites for hydroxylation is 1. The van der Waals surface area contributed by atoms with Crippen LogP contribution >= 0.6 is 0 Å². The van der Waals surface area contributed by atoms with E-state index in [2.05, 4.69) is 10.2 Å². The smallest absolute Gasteiger partial charge is 0.265 e. The van der Waals surface area contributed by atoms with Gasteiger partial charge in [-0.25, -0.2) is 5.10 Å². The van der Waals surface area contributed by atoms with Gasteiger partial charge in [0.05, 0.1) is 5.69 Å². The molecule has 3 heteroatoms. The number of aromatic nitrogens is 2. The van der Waals surface area contributed by atoms with E-state index in [0.717, 1.165) is 5.69 Å². The molecule has 1 N–H and O–H groups in total. The first kappa shape index (κ1) is 4.18. The minimum atomic E-state index is -0.127. The normalized spacial score (nSPS) is 9.29. The van der Waals surface area contributed by atoms with Crippen molar-refractivity contribution in [1.82, 2.24) is 10.2 Å². The first-order chi connectivity index (χ1) is 3.29. The van der Waals surface area contributed by atoms with Crippen molar-refractivity contribution in [2.75, 3.05) is 0 Å². The predicted molar refractivity (Wildman–Crippen MR) is 23.5 cm³/mol. The molecule has 0 unspecified atom stereocenters. The van der Waals surface area contributed by atoms with Gasteiger partial charge in [-0.05, 0) is 6.92 Å². The van der Waals surface area contributed by atoms with E-state index in [1.165, 1.54) is 6.07 Å². The van der Waals surface area contributed by atoms with Crippen LogP contribution in [0.3, 0.4) is 0 Å². The van der Waals surface area contributed by atoms with Crippen molar-refractivity contribution in [3.8, 4) is 5.88 Å². The van der Waals surface area contributed by atoms with E-state index in [0.29, 0.717) is 0 Å². The molecule has 0 aliphatic heterocycles. The third-order valence-corrected chi connectivity index (χ3v) is 0.682. The fourth-order valence-electron chi connectivity index (χ4n) is 0.398. The predicted octanol–water partition coefficient (Wildman–Crippen LogP) is 0.862. The van der Waals surface area contributed by atoms with Gasteiger partial charge in [-0.1, -0.05) is 0 Å². The summed E-state index contributed by atoms with van der Waals surface area (Å²) in [6.45, 7) is 1.76. The highest BCUT2D eigenvalue weighted by atomic mass is 16.3. The highest BCUT2D eigenvalue weighted by Crippen LogP contribution is 2.02. The molecular weight excluding hydrogens is 92.1 g/mol. The first-order valence-corrected chi connectivity index (χ1v) is 1.98. The van der Waals surface area contributed by atoms with E-state index < -0.39 is 0 Å². The highest BCUT2D eigenvalue weighted by Gasteiger charge is 1.90. The third-order valence-electron chi connectivity index (χ3n) is 0.682. The Labute approximate surface area is 41.0 Å². The highest BCUT2D eigenvalue weighted by molar-refractivity contribution is 5.09. The van der Waals surface area contributed by atoms with Crippen LogP contribution in [0.4, 0.5) is 0 Å². The summed E-state index contributed by atoms with van der Waals surface area (Å²) >= 11 is 0. The number of hydrogen-bond acceptors (Lipinski definition) is 1. The van der Waals surface area contributed by atoms with E-state index in [1.807, 2.05) is 0 Å². The van der Waals surface area contributed by atoms with Crippen LogP contribution in [-0.2, 0) is 5.11 Å². The summed E-state index contributed by atoms with van der Waals surface area (Å²) in [5, 5.41) is 16.0. The van der Waals surface area contributed by atoms with Crippen LogP contribution < -0.4 is 0 Å². The van der Waals surface area contributed by atoms with Crippen molar-refractivity contribution in [3.63, 3.8) is 0 Å². The van der Waals surface area contributed by atoms with Gasteiger partial charge in [0.1, 0.15) is 0 Å². The first-order valence-electron chi connectivity index (χ1n) is 1.98. The van der Waals surface area contributed by atoms with Crippen LogP contribution in [0.15, 0.2) is 6.07 Å². The average molecular weight is 97.1 g/mol. The second-order valence-electron chi connectivity index (χ2n) is 1.37. The summed E-state index contributed by atoms with van der Waals surface area (Å²) in [5.41, 5.74) is 0.741. The topological polar surface area (TPSA) is 48.6 Å². The zero-order valence-electron chi connectivity index (χ0n) is 3.93. The lowest BCUT2D eigenvalue weighted by molar-refractivity contribution is 0.336. The van der Waals surface area contributed by atoms with Gasteiger partial charge in [-0.3, -0.25) is 5.11 Å². The van der Waals surface area contributed by atoms with Crippen molar-refractivity contribution in [3.05, 3.63) is 11.8 Å². The number of aromatic amines is 1. The molecule has 1 radical (unpaired) electrons. The van der Waals surface area contributed by atoms with Crippen LogP contribution in [0.2, 0.25) is 0 Å². The molecule has 1 aromatic rings. The largest absolute Gasteiger partial charge is 0.268 e. The molecular formula is C4H5N2O. The van der Waals surface area contributed by atoms with E-state index in [4.69, 9.17) is 0 Å². The van der Waals surface area contributed by atoms with Crippen LogP contribution in [0.1, 0.15) is 5.69 Å². The molecule has 0 spiro atoms. The van der Waals surface area contributed by atoms with Crippen LogP contribution in [0.5, 0.6) is 5.88 Å². The lowest BCUT2D eigenvalue weighted by atomic mass is 10.5. The molecule has 0 bridgehead atoms. The standard InChI is InChI=1S/C4H5N2O/c1-3-2-4(7)6-5-3/h2H,1H3,(H,5,6). The molecule has 0 aliphatic carbocycles. The maximum Gasteiger partial charge on any atom is 0.265 e. The second-order valence-corrected chi connectivity index (χ2v) is 1.37. The number of rotatable bonds is 0. The Balaban J connectivity index is 3.04. The molecule has 7 heavy (non-hydrogen) atoms. The quantitative estimate of drug-likeness (QED) is 0.512. The van der Waals surface area contributed by atoms with E-state index in [9.17, 15) is 5.11 Å². The van der Waals surface area contributed by atoms with Crippen molar-refractivity contribution in [2.45, 2.75) is 6.92 Å². The van der Waals surface area contributed by atoms with Gasteiger partial charge in [0.15, 0.2) is 0 Å². The van der Waals surface area contributed by atoms with Gasteiger partial charge < -0.3 is 0 Å². The Hall–Kier alpha value is -0.990. The summed E-state index contributed by atoms with van der Waals surface area (Å²) in [6.07, 6.45) is 0. The van der Waals surface area contributed by atoms with Gasteiger partial charge in [-0.2, -0.15) is 5.10 Å². The monoisotopic (exact) mass is 97.0 g/mol. The van der Waals surface area contributed by atoms with Gasteiger partial charge in [0.25, 0.3) is 5.88 Å². The average Bonchev–Trinajstić information content (AvgIpc) is 1.87. The van der Waals surface area contributed by atoms with Crippen molar-refractivity contribution in [2.24, 2.45) is 0 Å². The summed E-state index contributed by atoms with van der Waals surface area (Å²) in [7, 11) is 0. The Kier molecular flexibility index (Phi) is 0.749. The molecule has 37 valence electrons. The zero-order valence-corrected chi connectivity index (χ0v) is 3.93. The molecule has 0 aliphatic rings. The van der Waals surface area contributed by atoms with E-state index in [1.54, 1.807) is 6.92 Å². The number of nitrogens with zero attached hydrogens (tertiary/aromatic N) is 1. The molecule has 0 aromatic carbocycles. The summed E-state index contributed by atoms with van der Waals surface area (Å²) < 4.78 is 0. The van der Waals surface area contributed by atoms with Crippen molar-refractivity contribution in [1.29, 1.82) is 0 Å². The maximum atomic E-state index is 10.2. The molecule has 0 saturated heterocycles. The minimum Gasteiger partial charge on any atom is -0.268 e. The molecule has 0 amide bonds. The van der Waals surface area contributed by atoms with Gasteiger partial charge in [0, 0.05) is 6.07 Å². The number of H-pyrrole nitrogens is 1. The zero-order chi connectivity index (χ0) is 5.28. The molecule has 0 fully saturated rings. The lowest BCUT2D eigenvalue weighted by Gasteiger charge is -1.64. The lowest BCUT2D eigenvalue weighted by Crippen LogP contribution is -1.65. The maximum absolute atomic E-state index is 10.2. The Morgan fingerprint density at radius 3 is 2.71 bits per heavy atom. The van der Waals surface area contributed by atoms with Gasteiger partial charge in [-0.15, -0.1) is 0 Å². The van der Waals surface area contributed by atoms with Crippen molar-refractivity contribution >= 4 is 0 Å². The molecule has 0 saturated carbocycles. The SMILES string of the molecule is Cc1cc([O])[nH]n1. The fraction of sp³-hybridized carbons (Fsp3) is 0.250. The molecule has 3 nitrogen and oxygen atoms in total. The third kappa shape index (κ3) is 0.707. The summed E-state index contributed by atoms with van der Waals surface area (Å²) in [6, 6.07) is 1.44. The molecule has 1 heterocycles. The fourth-order valence-corrected chi connectivity index (χ4v) is 0.398. The molecule has 0 atom stereocenters. The number of nitrogens with one attached hydrogen (secondary N) is 1.